The highest BCUT2D eigenvalue weighted by atomic mass is 32.1. The Morgan fingerprint density at radius 1 is 1.43 bits per heavy atom. The molecule has 2 aliphatic heterocycles. The molecule has 0 radical (unpaired) electrons. The van der Waals surface area contributed by atoms with Crippen molar-refractivity contribution in [3.63, 3.8) is 0 Å². The van der Waals surface area contributed by atoms with E-state index < -0.39 is 0 Å². The number of carbonyl (C=O) groups is 1. The Labute approximate surface area is 128 Å². The van der Waals surface area contributed by atoms with E-state index in [-0.39, 0.29) is 11.8 Å². The van der Waals surface area contributed by atoms with Gasteiger partial charge in [0.25, 0.3) is 0 Å². The molecule has 3 heterocycles. The molecule has 2 aliphatic rings. The Kier molecular flexibility index (Phi) is 4.54. The molecule has 0 N–H and O–H groups in total. The zero-order valence-electron chi connectivity index (χ0n) is 12.2. The molecule has 1 aromatic rings. The number of carbonyl (C=O) groups excluding carboxylic acids is 1. The quantitative estimate of drug-likeness (QED) is 0.788. The number of hydrogen-bond acceptors (Lipinski definition) is 7. The molecule has 1 spiro atoms. The second-order valence-corrected chi connectivity index (χ2v) is 6.11. The summed E-state index contributed by atoms with van der Waals surface area (Å²) < 4.78 is 16.4. The summed E-state index contributed by atoms with van der Waals surface area (Å²) in [5.41, 5.74) is 0.923. The van der Waals surface area contributed by atoms with Crippen LogP contribution < -0.4 is 0 Å². The normalized spacial score (nSPS) is 21.8. The Morgan fingerprint density at radius 2 is 2.14 bits per heavy atom. The number of piperidine rings is 1. The van der Waals surface area contributed by atoms with E-state index in [1.54, 1.807) is 6.92 Å². The minimum Gasteiger partial charge on any atom is -0.461 e. The first-order valence-electron chi connectivity index (χ1n) is 7.32. The van der Waals surface area contributed by atoms with Crippen molar-refractivity contribution < 1.29 is 19.0 Å². The molecule has 0 amide bonds. The van der Waals surface area contributed by atoms with Crippen molar-refractivity contribution in [2.75, 3.05) is 32.9 Å². The van der Waals surface area contributed by atoms with E-state index in [9.17, 15) is 4.79 Å². The van der Waals surface area contributed by atoms with E-state index in [4.69, 9.17) is 14.2 Å². The molecular formula is C14H20N2O4S. The lowest BCUT2D eigenvalue weighted by Crippen LogP contribution is -2.44. The third-order valence-corrected chi connectivity index (χ3v) is 4.69. The van der Waals surface area contributed by atoms with Crippen molar-refractivity contribution in [3.05, 3.63) is 16.1 Å². The van der Waals surface area contributed by atoms with Crippen LogP contribution in [0, 0.1) is 0 Å². The topological polar surface area (TPSA) is 60.9 Å². The highest BCUT2D eigenvalue weighted by molar-refractivity contribution is 7.11. The van der Waals surface area contributed by atoms with Crippen LogP contribution in [-0.4, -0.2) is 54.6 Å². The van der Waals surface area contributed by atoms with Gasteiger partial charge >= 0.3 is 5.97 Å². The maximum atomic E-state index is 11.6. The fourth-order valence-corrected chi connectivity index (χ4v) is 3.43. The molecule has 3 rings (SSSR count). The van der Waals surface area contributed by atoms with E-state index in [1.807, 2.05) is 5.38 Å². The SMILES string of the molecule is CCOC(=O)c1nc(CN2CCC3(CC2)OCCO3)cs1. The summed E-state index contributed by atoms with van der Waals surface area (Å²) >= 11 is 1.34. The monoisotopic (exact) mass is 312 g/mol. The van der Waals surface area contributed by atoms with Gasteiger partial charge in [-0.3, -0.25) is 4.90 Å². The van der Waals surface area contributed by atoms with Gasteiger partial charge in [0.1, 0.15) is 0 Å². The predicted octanol–water partition coefficient (Wildman–Crippen LogP) is 1.66. The van der Waals surface area contributed by atoms with Crippen LogP contribution in [0.2, 0.25) is 0 Å². The zero-order chi connectivity index (χ0) is 14.7. The first-order valence-corrected chi connectivity index (χ1v) is 8.20. The second kappa shape index (κ2) is 6.39. The first-order chi connectivity index (χ1) is 10.2. The fraction of sp³-hybridized carbons (Fsp3) is 0.714. The lowest BCUT2D eigenvalue weighted by Gasteiger charge is -2.37. The maximum absolute atomic E-state index is 11.6. The Hall–Kier alpha value is -1.02. The molecule has 0 aliphatic carbocycles. The van der Waals surface area contributed by atoms with Crippen LogP contribution >= 0.6 is 11.3 Å². The minimum atomic E-state index is -0.339. The van der Waals surface area contributed by atoms with Gasteiger partial charge < -0.3 is 14.2 Å². The maximum Gasteiger partial charge on any atom is 0.367 e. The van der Waals surface area contributed by atoms with Gasteiger partial charge in [-0.2, -0.15) is 0 Å². The molecule has 6 nitrogen and oxygen atoms in total. The van der Waals surface area contributed by atoms with Crippen LogP contribution in [0.25, 0.3) is 0 Å². The molecule has 2 saturated heterocycles. The fourth-order valence-electron chi connectivity index (χ4n) is 2.73. The van der Waals surface area contributed by atoms with Gasteiger partial charge in [0.2, 0.25) is 5.01 Å². The van der Waals surface area contributed by atoms with E-state index in [0.717, 1.165) is 38.2 Å². The van der Waals surface area contributed by atoms with E-state index >= 15 is 0 Å². The molecule has 0 atom stereocenters. The largest absolute Gasteiger partial charge is 0.461 e. The van der Waals surface area contributed by atoms with Gasteiger partial charge in [-0.15, -0.1) is 11.3 Å². The van der Waals surface area contributed by atoms with Crippen molar-refractivity contribution in [2.24, 2.45) is 0 Å². The predicted molar refractivity (Wildman–Crippen MR) is 77.2 cm³/mol. The minimum absolute atomic E-state index is 0.334. The summed E-state index contributed by atoms with van der Waals surface area (Å²) in [6, 6.07) is 0. The molecule has 116 valence electrons. The molecule has 7 heteroatoms. The van der Waals surface area contributed by atoms with Crippen molar-refractivity contribution in [1.29, 1.82) is 0 Å². The number of nitrogens with zero attached hydrogens (tertiary/aromatic N) is 2. The van der Waals surface area contributed by atoms with Crippen LogP contribution in [0.3, 0.4) is 0 Å². The molecular weight excluding hydrogens is 292 g/mol. The number of ether oxygens (including phenoxy) is 3. The number of likely N-dealkylation sites (tertiary alicyclic amines) is 1. The lowest BCUT2D eigenvalue weighted by atomic mass is 10.0. The summed E-state index contributed by atoms with van der Waals surface area (Å²) in [6.07, 6.45) is 1.78. The standard InChI is InChI=1S/C14H20N2O4S/c1-2-18-13(17)12-15-11(10-21-12)9-16-5-3-14(4-6-16)19-7-8-20-14/h10H,2-9H2,1H3. The first kappa shape index (κ1) is 14.9. The summed E-state index contributed by atoms with van der Waals surface area (Å²) in [6.45, 7) is 6.18. The Bertz CT molecular complexity index is 489. The van der Waals surface area contributed by atoms with Gasteiger partial charge in [0.15, 0.2) is 5.79 Å². The number of esters is 1. The third-order valence-electron chi connectivity index (χ3n) is 3.82. The van der Waals surface area contributed by atoms with Crippen molar-refractivity contribution in [3.8, 4) is 0 Å². The van der Waals surface area contributed by atoms with Gasteiger partial charge in [0.05, 0.1) is 25.5 Å². The molecule has 2 fully saturated rings. The van der Waals surface area contributed by atoms with E-state index in [2.05, 4.69) is 9.88 Å². The molecule has 0 bridgehead atoms. The van der Waals surface area contributed by atoms with Gasteiger partial charge in [-0.1, -0.05) is 0 Å². The second-order valence-electron chi connectivity index (χ2n) is 5.25. The third kappa shape index (κ3) is 3.42. The smallest absolute Gasteiger partial charge is 0.367 e. The summed E-state index contributed by atoms with van der Waals surface area (Å²) in [5.74, 6) is -0.673. The Balaban J connectivity index is 1.52. The zero-order valence-corrected chi connectivity index (χ0v) is 13.0. The van der Waals surface area contributed by atoms with Gasteiger partial charge in [0, 0.05) is 37.9 Å². The van der Waals surface area contributed by atoms with E-state index in [1.165, 1.54) is 11.3 Å². The molecule has 0 aromatic carbocycles. The van der Waals surface area contributed by atoms with Crippen LogP contribution in [0.4, 0.5) is 0 Å². The van der Waals surface area contributed by atoms with Crippen LogP contribution in [0.1, 0.15) is 35.3 Å². The number of thiazole rings is 1. The lowest BCUT2D eigenvalue weighted by molar-refractivity contribution is -0.185. The Morgan fingerprint density at radius 3 is 2.81 bits per heavy atom. The molecule has 0 unspecified atom stereocenters. The van der Waals surface area contributed by atoms with Crippen molar-refractivity contribution in [1.82, 2.24) is 9.88 Å². The van der Waals surface area contributed by atoms with Crippen molar-refractivity contribution >= 4 is 17.3 Å². The average molecular weight is 312 g/mol. The highest BCUT2D eigenvalue weighted by Gasteiger charge is 2.39. The molecule has 21 heavy (non-hydrogen) atoms. The molecule has 0 saturated carbocycles. The van der Waals surface area contributed by atoms with Gasteiger partial charge in [-0.05, 0) is 6.92 Å². The van der Waals surface area contributed by atoms with Crippen molar-refractivity contribution in [2.45, 2.75) is 32.1 Å². The number of aromatic nitrogens is 1. The summed E-state index contributed by atoms with van der Waals surface area (Å²) in [4.78, 5) is 18.3. The highest BCUT2D eigenvalue weighted by Crippen LogP contribution is 2.31. The van der Waals surface area contributed by atoms with E-state index in [0.29, 0.717) is 24.8 Å². The van der Waals surface area contributed by atoms with Gasteiger partial charge in [-0.25, -0.2) is 9.78 Å². The number of rotatable bonds is 4. The average Bonchev–Trinajstić information content (AvgIpc) is 3.12. The van der Waals surface area contributed by atoms with Crippen LogP contribution in [-0.2, 0) is 20.8 Å². The van der Waals surface area contributed by atoms with Crippen LogP contribution in [0.5, 0.6) is 0 Å². The molecule has 1 aromatic heterocycles. The summed E-state index contributed by atoms with van der Waals surface area (Å²) in [7, 11) is 0. The summed E-state index contributed by atoms with van der Waals surface area (Å²) in [5, 5.41) is 2.36. The number of hydrogen-bond donors (Lipinski definition) is 0. The van der Waals surface area contributed by atoms with Crippen LogP contribution in [0.15, 0.2) is 5.38 Å².